The van der Waals surface area contributed by atoms with E-state index in [1.165, 1.54) is 6.07 Å². The molecular formula is C15H9FN2S2. The van der Waals surface area contributed by atoms with Gasteiger partial charge in [-0.05, 0) is 29.8 Å². The summed E-state index contributed by atoms with van der Waals surface area (Å²) in [6, 6.07) is 14.5. The van der Waals surface area contributed by atoms with Crippen molar-refractivity contribution in [1.29, 1.82) is 5.26 Å². The van der Waals surface area contributed by atoms with E-state index in [0.29, 0.717) is 5.75 Å². The molecule has 0 unspecified atom stereocenters. The van der Waals surface area contributed by atoms with Crippen molar-refractivity contribution in [2.75, 3.05) is 0 Å². The minimum atomic E-state index is -0.471. The molecule has 0 aliphatic heterocycles. The molecule has 0 aliphatic rings. The van der Waals surface area contributed by atoms with Gasteiger partial charge in [-0.2, -0.15) is 5.26 Å². The second kappa shape index (κ2) is 5.61. The topological polar surface area (TPSA) is 36.7 Å². The number of thiazole rings is 1. The van der Waals surface area contributed by atoms with Crippen LogP contribution in [0.3, 0.4) is 0 Å². The van der Waals surface area contributed by atoms with Crippen molar-refractivity contribution in [2.45, 2.75) is 10.1 Å². The highest BCUT2D eigenvalue weighted by molar-refractivity contribution is 8.00. The Morgan fingerprint density at radius 1 is 1.25 bits per heavy atom. The summed E-state index contributed by atoms with van der Waals surface area (Å²) in [5.74, 6) is 0.204. The zero-order chi connectivity index (χ0) is 13.9. The highest BCUT2D eigenvalue weighted by Gasteiger charge is 2.06. The number of hydrogen-bond acceptors (Lipinski definition) is 4. The Labute approximate surface area is 123 Å². The fourth-order valence-electron chi connectivity index (χ4n) is 1.81. The standard InChI is InChI=1S/C15H9FN2S2/c16-12-6-5-10(7-11(12)8-17)9-19-15-18-13-3-1-2-4-14(13)20-15/h1-7H,9H2. The lowest BCUT2D eigenvalue weighted by Crippen LogP contribution is -1.87. The summed E-state index contributed by atoms with van der Waals surface area (Å²) in [6.45, 7) is 0. The highest BCUT2D eigenvalue weighted by atomic mass is 32.2. The molecule has 0 N–H and O–H groups in total. The molecule has 98 valence electrons. The normalized spacial score (nSPS) is 10.6. The number of benzene rings is 2. The van der Waals surface area contributed by atoms with Crippen molar-refractivity contribution in [3.8, 4) is 6.07 Å². The number of rotatable bonds is 3. The van der Waals surface area contributed by atoms with Crippen molar-refractivity contribution in [1.82, 2.24) is 4.98 Å². The summed E-state index contributed by atoms with van der Waals surface area (Å²) in [5, 5.41) is 8.82. The Morgan fingerprint density at radius 3 is 2.90 bits per heavy atom. The van der Waals surface area contributed by atoms with Gasteiger partial charge in [-0.25, -0.2) is 9.37 Å². The fraction of sp³-hybridized carbons (Fsp3) is 0.0667. The summed E-state index contributed by atoms with van der Waals surface area (Å²) < 4.78 is 15.4. The van der Waals surface area contributed by atoms with Crippen LogP contribution in [0.4, 0.5) is 4.39 Å². The number of para-hydroxylation sites is 1. The molecule has 0 saturated carbocycles. The molecule has 0 saturated heterocycles. The lowest BCUT2D eigenvalue weighted by Gasteiger charge is -2.00. The van der Waals surface area contributed by atoms with Crippen molar-refractivity contribution in [3.63, 3.8) is 0 Å². The average molecular weight is 300 g/mol. The van der Waals surface area contributed by atoms with Gasteiger partial charge in [0.25, 0.3) is 0 Å². The van der Waals surface area contributed by atoms with E-state index in [4.69, 9.17) is 5.26 Å². The number of thioether (sulfide) groups is 1. The second-order valence-electron chi connectivity index (χ2n) is 4.16. The molecule has 2 nitrogen and oxygen atoms in total. The molecule has 0 spiro atoms. The third-order valence-electron chi connectivity index (χ3n) is 2.79. The largest absolute Gasteiger partial charge is 0.230 e. The Bertz CT molecular complexity index is 772. The highest BCUT2D eigenvalue weighted by Crippen LogP contribution is 2.31. The van der Waals surface area contributed by atoms with Crippen LogP contribution >= 0.6 is 23.1 Å². The summed E-state index contributed by atoms with van der Waals surface area (Å²) in [7, 11) is 0. The molecule has 1 aromatic heterocycles. The van der Waals surface area contributed by atoms with Gasteiger partial charge in [0.1, 0.15) is 11.9 Å². The molecule has 0 atom stereocenters. The molecule has 0 bridgehead atoms. The molecule has 3 rings (SSSR count). The number of fused-ring (bicyclic) bond motifs is 1. The first kappa shape index (κ1) is 13.1. The second-order valence-corrected chi connectivity index (χ2v) is 6.42. The number of halogens is 1. The summed E-state index contributed by atoms with van der Waals surface area (Å²) in [4.78, 5) is 4.53. The van der Waals surface area contributed by atoms with E-state index < -0.39 is 5.82 Å². The van der Waals surface area contributed by atoms with Crippen LogP contribution in [0, 0.1) is 17.1 Å². The van der Waals surface area contributed by atoms with Crippen LogP contribution in [0.5, 0.6) is 0 Å². The summed E-state index contributed by atoms with van der Waals surface area (Å²) >= 11 is 3.24. The van der Waals surface area contributed by atoms with Crippen LogP contribution in [-0.4, -0.2) is 4.98 Å². The summed E-state index contributed by atoms with van der Waals surface area (Å²) in [5.41, 5.74) is 2.01. The lowest BCUT2D eigenvalue weighted by atomic mass is 10.1. The van der Waals surface area contributed by atoms with E-state index in [9.17, 15) is 4.39 Å². The molecule has 0 fully saturated rings. The Morgan fingerprint density at radius 2 is 2.10 bits per heavy atom. The number of aromatic nitrogens is 1. The molecule has 0 amide bonds. The number of nitriles is 1. The maximum absolute atomic E-state index is 13.2. The zero-order valence-electron chi connectivity index (χ0n) is 10.3. The van der Waals surface area contributed by atoms with Gasteiger partial charge < -0.3 is 0 Å². The van der Waals surface area contributed by atoms with Crippen molar-refractivity contribution in [3.05, 3.63) is 59.4 Å². The molecule has 0 radical (unpaired) electrons. The first-order valence-corrected chi connectivity index (χ1v) is 7.73. The fourth-order valence-corrected chi connectivity index (χ4v) is 3.82. The average Bonchev–Trinajstić information content (AvgIpc) is 2.89. The van der Waals surface area contributed by atoms with Crippen LogP contribution in [0.15, 0.2) is 46.8 Å². The minimum absolute atomic E-state index is 0.0902. The van der Waals surface area contributed by atoms with Crippen LogP contribution in [0.2, 0.25) is 0 Å². The first-order valence-electron chi connectivity index (χ1n) is 5.93. The van der Waals surface area contributed by atoms with Crippen molar-refractivity contribution in [2.24, 2.45) is 0 Å². The molecule has 3 aromatic rings. The Kier molecular flexibility index (Phi) is 3.68. The van der Waals surface area contributed by atoms with Gasteiger partial charge in [0, 0.05) is 5.75 Å². The van der Waals surface area contributed by atoms with Crippen LogP contribution < -0.4 is 0 Å². The van der Waals surface area contributed by atoms with E-state index in [0.717, 1.165) is 20.1 Å². The van der Waals surface area contributed by atoms with E-state index >= 15 is 0 Å². The third-order valence-corrected chi connectivity index (χ3v) is 5.04. The van der Waals surface area contributed by atoms with Crippen LogP contribution in [-0.2, 0) is 5.75 Å². The molecular weight excluding hydrogens is 291 g/mol. The van der Waals surface area contributed by atoms with Gasteiger partial charge in [-0.1, -0.05) is 30.0 Å². The Balaban J connectivity index is 1.77. The maximum atomic E-state index is 13.2. The van der Waals surface area contributed by atoms with E-state index in [2.05, 4.69) is 4.98 Å². The molecule has 1 heterocycles. The molecule has 2 aromatic carbocycles. The van der Waals surface area contributed by atoms with Gasteiger partial charge in [-0.3, -0.25) is 0 Å². The van der Waals surface area contributed by atoms with Gasteiger partial charge >= 0.3 is 0 Å². The van der Waals surface area contributed by atoms with E-state index in [1.54, 1.807) is 35.2 Å². The van der Waals surface area contributed by atoms with Crippen molar-refractivity contribution < 1.29 is 4.39 Å². The molecule has 0 aliphatic carbocycles. The number of nitrogens with zero attached hydrogens (tertiary/aromatic N) is 2. The van der Waals surface area contributed by atoms with Gasteiger partial charge in [0.15, 0.2) is 4.34 Å². The summed E-state index contributed by atoms with van der Waals surface area (Å²) in [6.07, 6.45) is 0. The van der Waals surface area contributed by atoms with Crippen molar-refractivity contribution >= 4 is 33.3 Å². The monoisotopic (exact) mass is 300 g/mol. The Hall–Kier alpha value is -1.90. The van der Waals surface area contributed by atoms with E-state index in [1.807, 2.05) is 30.3 Å². The smallest absolute Gasteiger partial charge is 0.151 e. The predicted molar refractivity (Wildman–Crippen MR) is 80.3 cm³/mol. The van der Waals surface area contributed by atoms with Crippen LogP contribution in [0.1, 0.15) is 11.1 Å². The minimum Gasteiger partial charge on any atom is -0.230 e. The zero-order valence-corrected chi connectivity index (χ0v) is 12.0. The SMILES string of the molecule is N#Cc1cc(CSc2nc3ccccc3s2)ccc1F. The number of hydrogen-bond donors (Lipinski definition) is 0. The van der Waals surface area contributed by atoms with Gasteiger partial charge in [0.05, 0.1) is 15.8 Å². The quantitative estimate of drug-likeness (QED) is 0.663. The predicted octanol–water partition coefficient (Wildman–Crippen LogP) is 4.60. The van der Waals surface area contributed by atoms with Gasteiger partial charge in [0.2, 0.25) is 0 Å². The van der Waals surface area contributed by atoms with Gasteiger partial charge in [-0.15, -0.1) is 11.3 Å². The molecule has 20 heavy (non-hydrogen) atoms. The maximum Gasteiger partial charge on any atom is 0.151 e. The van der Waals surface area contributed by atoms with Crippen LogP contribution in [0.25, 0.3) is 10.2 Å². The first-order chi connectivity index (χ1) is 9.76. The molecule has 5 heteroatoms. The van der Waals surface area contributed by atoms with E-state index in [-0.39, 0.29) is 5.56 Å². The lowest BCUT2D eigenvalue weighted by molar-refractivity contribution is 0.623. The third kappa shape index (κ3) is 2.67.